The second-order valence-corrected chi connectivity index (χ2v) is 4.84. The van der Waals surface area contributed by atoms with Gasteiger partial charge < -0.3 is 4.74 Å². The largest absolute Gasteiger partial charge is 0.489 e. The average molecular weight is 279 g/mol. The first-order valence-corrected chi connectivity index (χ1v) is 6.94. The molecule has 0 N–H and O–H groups in total. The van der Waals surface area contributed by atoms with Crippen molar-refractivity contribution in [1.29, 1.82) is 0 Å². The van der Waals surface area contributed by atoms with Gasteiger partial charge in [-0.25, -0.2) is 4.68 Å². The predicted molar refractivity (Wildman–Crippen MR) is 83.5 cm³/mol. The van der Waals surface area contributed by atoms with Crippen LogP contribution in [-0.4, -0.2) is 21.6 Å². The van der Waals surface area contributed by atoms with Crippen LogP contribution < -0.4 is 4.74 Å². The fourth-order valence-corrected chi connectivity index (χ4v) is 2.41. The lowest BCUT2D eigenvalue weighted by molar-refractivity contribution is 0.353. The summed E-state index contributed by atoms with van der Waals surface area (Å²) in [5.41, 5.74) is 2.99. The molecule has 0 saturated heterocycles. The number of para-hydroxylation sites is 2. The van der Waals surface area contributed by atoms with Crippen molar-refractivity contribution in [3.8, 4) is 5.75 Å². The Bertz CT molecular complexity index is 763. The topological polar surface area (TPSA) is 39.9 Å². The van der Waals surface area contributed by atoms with Gasteiger partial charge in [0, 0.05) is 5.56 Å². The Balaban J connectivity index is 2.02. The summed E-state index contributed by atoms with van der Waals surface area (Å²) in [5, 5.41) is 8.50. The number of aromatic nitrogens is 3. The maximum atomic E-state index is 5.74. The van der Waals surface area contributed by atoms with E-state index in [9.17, 15) is 0 Å². The minimum Gasteiger partial charge on any atom is -0.489 e. The number of ether oxygens (including phenoxy) is 1. The highest BCUT2D eigenvalue weighted by Crippen LogP contribution is 2.29. The normalized spacial score (nSPS) is 12.2. The number of nitrogens with zero attached hydrogens (tertiary/aromatic N) is 3. The van der Waals surface area contributed by atoms with Crippen molar-refractivity contribution in [1.82, 2.24) is 15.0 Å². The molecule has 2 aromatic carbocycles. The minimum atomic E-state index is 0.0402. The van der Waals surface area contributed by atoms with Gasteiger partial charge in [0.1, 0.15) is 17.9 Å². The number of hydrogen-bond acceptors (Lipinski definition) is 3. The summed E-state index contributed by atoms with van der Waals surface area (Å²) in [4.78, 5) is 0. The molecule has 0 amide bonds. The van der Waals surface area contributed by atoms with E-state index < -0.39 is 0 Å². The predicted octanol–water partition coefficient (Wildman–Crippen LogP) is 3.61. The van der Waals surface area contributed by atoms with Crippen molar-refractivity contribution in [3.05, 3.63) is 66.7 Å². The fourth-order valence-electron chi connectivity index (χ4n) is 2.41. The van der Waals surface area contributed by atoms with E-state index in [-0.39, 0.29) is 6.04 Å². The van der Waals surface area contributed by atoms with E-state index in [1.54, 1.807) is 6.08 Å². The Labute approximate surface area is 123 Å². The van der Waals surface area contributed by atoms with Crippen LogP contribution in [0.15, 0.2) is 61.2 Å². The van der Waals surface area contributed by atoms with E-state index >= 15 is 0 Å². The lowest BCUT2D eigenvalue weighted by Crippen LogP contribution is -2.10. The smallest absolute Gasteiger partial charge is 0.125 e. The zero-order chi connectivity index (χ0) is 14.7. The van der Waals surface area contributed by atoms with Crippen LogP contribution in [0.1, 0.15) is 18.5 Å². The number of benzene rings is 2. The van der Waals surface area contributed by atoms with E-state index in [4.69, 9.17) is 4.74 Å². The van der Waals surface area contributed by atoms with Gasteiger partial charge in [0.2, 0.25) is 0 Å². The van der Waals surface area contributed by atoms with Crippen LogP contribution in [-0.2, 0) is 0 Å². The Morgan fingerprint density at radius 3 is 2.81 bits per heavy atom. The van der Waals surface area contributed by atoms with Crippen molar-refractivity contribution in [2.75, 3.05) is 6.61 Å². The van der Waals surface area contributed by atoms with Crippen LogP contribution >= 0.6 is 0 Å². The van der Waals surface area contributed by atoms with Gasteiger partial charge in [-0.1, -0.05) is 48.2 Å². The Morgan fingerprint density at radius 2 is 1.95 bits per heavy atom. The fraction of sp³-hybridized carbons (Fsp3) is 0.176. The summed E-state index contributed by atoms with van der Waals surface area (Å²) in [6.07, 6.45) is 1.74. The third-order valence-electron chi connectivity index (χ3n) is 3.47. The van der Waals surface area contributed by atoms with Crippen molar-refractivity contribution in [2.24, 2.45) is 0 Å². The second kappa shape index (κ2) is 5.79. The molecule has 4 nitrogen and oxygen atoms in total. The highest BCUT2D eigenvalue weighted by atomic mass is 16.5. The van der Waals surface area contributed by atoms with Crippen molar-refractivity contribution >= 4 is 11.0 Å². The molecular formula is C17H17N3O. The molecule has 3 rings (SSSR count). The molecule has 1 aromatic heterocycles. The standard InChI is InChI=1S/C17H17N3O/c1-3-12-21-17-11-7-4-8-14(17)13(2)20-16-10-6-5-9-15(16)18-19-20/h3-11,13H,1,12H2,2H3. The Morgan fingerprint density at radius 1 is 1.19 bits per heavy atom. The summed E-state index contributed by atoms with van der Waals surface area (Å²) >= 11 is 0. The molecule has 1 unspecified atom stereocenters. The number of hydrogen-bond donors (Lipinski definition) is 0. The lowest BCUT2D eigenvalue weighted by atomic mass is 10.1. The SMILES string of the molecule is C=CCOc1ccccc1C(C)n1nnc2ccccc21. The molecule has 0 bridgehead atoms. The zero-order valence-electron chi connectivity index (χ0n) is 11.9. The quantitative estimate of drug-likeness (QED) is 0.670. The molecule has 0 spiro atoms. The molecule has 1 heterocycles. The summed E-state index contributed by atoms with van der Waals surface area (Å²) in [5.74, 6) is 0.851. The lowest BCUT2D eigenvalue weighted by Gasteiger charge is -2.17. The van der Waals surface area contributed by atoms with Gasteiger partial charge in [-0.05, 0) is 25.1 Å². The van der Waals surface area contributed by atoms with E-state index in [1.807, 2.05) is 47.1 Å². The first-order chi connectivity index (χ1) is 10.3. The van der Waals surface area contributed by atoms with Gasteiger partial charge in [0.05, 0.1) is 11.6 Å². The van der Waals surface area contributed by atoms with Gasteiger partial charge >= 0.3 is 0 Å². The van der Waals surface area contributed by atoms with Crippen molar-refractivity contribution in [3.63, 3.8) is 0 Å². The molecule has 106 valence electrons. The van der Waals surface area contributed by atoms with Crippen LogP contribution in [0.5, 0.6) is 5.75 Å². The Hall–Kier alpha value is -2.62. The average Bonchev–Trinajstić information content (AvgIpc) is 2.96. The minimum absolute atomic E-state index is 0.0402. The molecular weight excluding hydrogens is 262 g/mol. The zero-order valence-corrected chi connectivity index (χ0v) is 11.9. The highest BCUT2D eigenvalue weighted by Gasteiger charge is 2.16. The van der Waals surface area contributed by atoms with E-state index in [2.05, 4.69) is 29.9 Å². The third kappa shape index (κ3) is 2.52. The molecule has 21 heavy (non-hydrogen) atoms. The van der Waals surface area contributed by atoms with Crippen LogP contribution in [0.3, 0.4) is 0 Å². The van der Waals surface area contributed by atoms with E-state index in [0.29, 0.717) is 6.61 Å². The van der Waals surface area contributed by atoms with Crippen LogP contribution in [0.25, 0.3) is 11.0 Å². The summed E-state index contributed by atoms with van der Waals surface area (Å²) in [7, 11) is 0. The summed E-state index contributed by atoms with van der Waals surface area (Å²) in [6.45, 7) is 6.27. The third-order valence-corrected chi connectivity index (χ3v) is 3.47. The van der Waals surface area contributed by atoms with Crippen LogP contribution in [0.2, 0.25) is 0 Å². The first kappa shape index (κ1) is 13.4. The Kier molecular flexibility index (Phi) is 3.69. The molecule has 0 aliphatic heterocycles. The van der Waals surface area contributed by atoms with Crippen LogP contribution in [0, 0.1) is 0 Å². The molecule has 3 aromatic rings. The maximum absolute atomic E-state index is 5.74. The molecule has 0 fully saturated rings. The van der Waals surface area contributed by atoms with Crippen molar-refractivity contribution in [2.45, 2.75) is 13.0 Å². The van der Waals surface area contributed by atoms with Gasteiger partial charge in [-0.2, -0.15) is 0 Å². The molecule has 0 saturated carbocycles. The van der Waals surface area contributed by atoms with Gasteiger partial charge in [-0.3, -0.25) is 0 Å². The number of rotatable bonds is 5. The van der Waals surface area contributed by atoms with Crippen molar-refractivity contribution < 1.29 is 4.74 Å². The van der Waals surface area contributed by atoms with Gasteiger partial charge in [-0.15, -0.1) is 5.10 Å². The molecule has 0 radical (unpaired) electrons. The molecule has 0 aliphatic carbocycles. The molecule has 4 heteroatoms. The molecule has 1 atom stereocenters. The summed E-state index contributed by atoms with van der Waals surface area (Å²) < 4.78 is 7.66. The van der Waals surface area contributed by atoms with E-state index in [0.717, 1.165) is 22.3 Å². The van der Waals surface area contributed by atoms with Gasteiger partial charge in [0.15, 0.2) is 0 Å². The second-order valence-electron chi connectivity index (χ2n) is 4.84. The molecule has 0 aliphatic rings. The van der Waals surface area contributed by atoms with Gasteiger partial charge in [0.25, 0.3) is 0 Å². The first-order valence-electron chi connectivity index (χ1n) is 6.94. The maximum Gasteiger partial charge on any atom is 0.125 e. The van der Waals surface area contributed by atoms with E-state index in [1.165, 1.54) is 0 Å². The van der Waals surface area contributed by atoms with Crippen LogP contribution in [0.4, 0.5) is 0 Å². The summed E-state index contributed by atoms with van der Waals surface area (Å²) in [6, 6.07) is 16.0. The number of fused-ring (bicyclic) bond motifs is 1. The monoisotopic (exact) mass is 279 g/mol. The highest BCUT2D eigenvalue weighted by molar-refractivity contribution is 5.74.